The smallest absolute Gasteiger partial charge is 0.186 e. The lowest BCUT2D eigenvalue weighted by Gasteiger charge is -2.14. The Labute approximate surface area is 96.3 Å². The normalized spacial score (nSPS) is 11.6. The van der Waals surface area contributed by atoms with Gasteiger partial charge in [-0.1, -0.05) is 11.6 Å². The van der Waals surface area contributed by atoms with Crippen LogP contribution >= 0.6 is 22.9 Å². The van der Waals surface area contributed by atoms with E-state index in [2.05, 4.69) is 16.0 Å². The Bertz CT molecular complexity index is 553. The van der Waals surface area contributed by atoms with Gasteiger partial charge in [0, 0.05) is 6.20 Å². The van der Waals surface area contributed by atoms with Crippen molar-refractivity contribution in [2.24, 2.45) is 0 Å². The Morgan fingerprint density at radius 3 is 2.93 bits per heavy atom. The molecule has 0 fully saturated rings. The second-order valence-electron chi connectivity index (χ2n) is 3.75. The lowest BCUT2D eigenvalue weighted by atomic mass is 9.88. The predicted molar refractivity (Wildman–Crippen MR) is 61.1 cm³/mol. The predicted octanol–water partition coefficient (Wildman–Crippen LogP) is 3.15. The number of hydrogen-bond donors (Lipinski definition) is 0. The Morgan fingerprint density at radius 2 is 2.27 bits per heavy atom. The fraction of sp³-hybridized carbons (Fsp3) is 0.300. The molecule has 15 heavy (non-hydrogen) atoms. The van der Waals surface area contributed by atoms with Crippen LogP contribution in [-0.4, -0.2) is 9.97 Å². The summed E-state index contributed by atoms with van der Waals surface area (Å²) in [5, 5.41) is 9.01. The molecule has 0 aliphatic heterocycles. The Kier molecular flexibility index (Phi) is 2.37. The molecule has 0 aliphatic carbocycles. The number of thiazole rings is 1. The lowest BCUT2D eigenvalue weighted by molar-refractivity contribution is 0.685. The van der Waals surface area contributed by atoms with Crippen LogP contribution in [0.3, 0.4) is 0 Å². The van der Waals surface area contributed by atoms with Crippen molar-refractivity contribution in [1.82, 2.24) is 9.97 Å². The monoisotopic (exact) mass is 237 g/mol. The van der Waals surface area contributed by atoms with Gasteiger partial charge < -0.3 is 0 Å². The molecule has 2 heterocycles. The third-order valence-corrected chi connectivity index (χ3v) is 3.32. The molecule has 0 N–H and O–H groups in total. The molecular formula is C10H8ClN3S. The van der Waals surface area contributed by atoms with Crippen molar-refractivity contribution in [2.75, 3.05) is 0 Å². The summed E-state index contributed by atoms with van der Waals surface area (Å²) >= 11 is 7.16. The average Bonchev–Trinajstić information content (AvgIpc) is 2.56. The summed E-state index contributed by atoms with van der Waals surface area (Å²) in [5.74, 6) is 0. The van der Waals surface area contributed by atoms with E-state index in [0.29, 0.717) is 10.1 Å². The van der Waals surface area contributed by atoms with Crippen molar-refractivity contribution >= 4 is 33.3 Å². The van der Waals surface area contributed by atoms with Crippen LogP contribution in [0, 0.1) is 11.3 Å². The van der Waals surface area contributed by atoms with Gasteiger partial charge in [0.2, 0.25) is 0 Å². The molecule has 0 saturated carbocycles. The molecule has 3 nitrogen and oxygen atoms in total. The minimum Gasteiger partial charge on any atom is -0.236 e. The molecule has 0 atom stereocenters. The van der Waals surface area contributed by atoms with Crippen LogP contribution in [-0.2, 0) is 5.41 Å². The first-order chi connectivity index (χ1) is 7.03. The molecular weight excluding hydrogens is 230 g/mol. The summed E-state index contributed by atoms with van der Waals surface area (Å²) in [6, 6.07) is 4.17. The van der Waals surface area contributed by atoms with Crippen molar-refractivity contribution in [2.45, 2.75) is 19.3 Å². The second-order valence-corrected chi connectivity index (χ2v) is 5.36. The molecule has 0 amide bonds. The number of fused-ring (bicyclic) bond motifs is 1. The van der Waals surface area contributed by atoms with Crippen molar-refractivity contribution in [3.63, 3.8) is 0 Å². The van der Waals surface area contributed by atoms with E-state index in [-0.39, 0.29) is 0 Å². The lowest BCUT2D eigenvalue weighted by Crippen LogP contribution is -2.13. The van der Waals surface area contributed by atoms with Gasteiger partial charge in [0.1, 0.15) is 0 Å². The fourth-order valence-electron chi connectivity index (χ4n) is 1.20. The first kappa shape index (κ1) is 10.3. The van der Waals surface area contributed by atoms with Crippen LogP contribution in [0.1, 0.15) is 19.4 Å². The highest BCUT2D eigenvalue weighted by Gasteiger charge is 2.21. The summed E-state index contributed by atoms with van der Waals surface area (Å²) in [5.41, 5.74) is 0.998. The van der Waals surface area contributed by atoms with Crippen molar-refractivity contribution in [1.29, 1.82) is 5.26 Å². The maximum atomic E-state index is 9.01. The molecule has 0 unspecified atom stereocenters. The maximum absolute atomic E-state index is 9.01. The molecule has 5 heteroatoms. The molecule has 0 aromatic carbocycles. The van der Waals surface area contributed by atoms with Crippen molar-refractivity contribution < 1.29 is 0 Å². The van der Waals surface area contributed by atoms with E-state index in [1.165, 1.54) is 11.3 Å². The molecule has 0 aliphatic rings. The minimum absolute atomic E-state index is 0.476. The largest absolute Gasteiger partial charge is 0.236 e. The van der Waals surface area contributed by atoms with E-state index in [1.54, 1.807) is 6.20 Å². The van der Waals surface area contributed by atoms with Gasteiger partial charge in [-0.2, -0.15) is 5.26 Å². The van der Waals surface area contributed by atoms with E-state index >= 15 is 0 Å². The minimum atomic E-state index is -0.530. The van der Waals surface area contributed by atoms with Gasteiger partial charge >= 0.3 is 0 Å². The zero-order chi connectivity index (χ0) is 11.1. The van der Waals surface area contributed by atoms with E-state index in [1.807, 2.05) is 19.9 Å². The summed E-state index contributed by atoms with van der Waals surface area (Å²) < 4.78 is 1.39. The zero-order valence-electron chi connectivity index (χ0n) is 8.28. The number of nitrogens with zero attached hydrogens (tertiary/aromatic N) is 3. The first-order valence-corrected chi connectivity index (χ1v) is 5.56. The SMILES string of the molecule is CC(C)(C#N)c1cnc2nc(Cl)sc2c1. The molecule has 2 aromatic heterocycles. The highest BCUT2D eigenvalue weighted by Crippen LogP contribution is 2.29. The highest BCUT2D eigenvalue weighted by atomic mass is 35.5. The van der Waals surface area contributed by atoms with Crippen LogP contribution < -0.4 is 0 Å². The van der Waals surface area contributed by atoms with E-state index in [0.717, 1.165) is 10.3 Å². The van der Waals surface area contributed by atoms with Crippen LogP contribution in [0.25, 0.3) is 10.3 Å². The van der Waals surface area contributed by atoms with Crippen LogP contribution in [0.5, 0.6) is 0 Å². The van der Waals surface area contributed by atoms with E-state index < -0.39 is 5.41 Å². The average molecular weight is 238 g/mol. The molecule has 0 radical (unpaired) electrons. The second kappa shape index (κ2) is 3.44. The van der Waals surface area contributed by atoms with E-state index in [9.17, 15) is 0 Å². The van der Waals surface area contributed by atoms with Gasteiger partial charge in [0.25, 0.3) is 0 Å². The van der Waals surface area contributed by atoms with Gasteiger partial charge in [-0.15, -0.1) is 11.3 Å². The number of rotatable bonds is 1. The Morgan fingerprint density at radius 1 is 1.53 bits per heavy atom. The van der Waals surface area contributed by atoms with Gasteiger partial charge in [-0.3, -0.25) is 0 Å². The highest BCUT2D eigenvalue weighted by molar-refractivity contribution is 7.22. The van der Waals surface area contributed by atoms with Crippen LogP contribution in [0.2, 0.25) is 4.47 Å². The van der Waals surface area contributed by atoms with Gasteiger partial charge in [0.15, 0.2) is 10.1 Å². The van der Waals surface area contributed by atoms with E-state index in [4.69, 9.17) is 16.9 Å². The molecule has 2 rings (SSSR count). The zero-order valence-corrected chi connectivity index (χ0v) is 9.85. The van der Waals surface area contributed by atoms with Gasteiger partial charge in [-0.25, -0.2) is 9.97 Å². The molecule has 0 spiro atoms. The third-order valence-electron chi connectivity index (χ3n) is 2.22. The molecule has 0 bridgehead atoms. The molecule has 0 saturated heterocycles. The standard InChI is InChI=1S/C10H8ClN3S/c1-10(2,5-12)6-3-7-8(13-4-6)14-9(11)15-7/h3-4H,1-2H3. The number of nitriles is 1. The molecule has 76 valence electrons. The van der Waals surface area contributed by atoms with Crippen LogP contribution in [0.4, 0.5) is 0 Å². The first-order valence-electron chi connectivity index (χ1n) is 4.37. The Balaban J connectivity index is 2.62. The number of aromatic nitrogens is 2. The van der Waals surface area contributed by atoms with Gasteiger partial charge in [0.05, 0.1) is 16.2 Å². The fourth-order valence-corrected chi connectivity index (χ4v) is 2.22. The number of pyridine rings is 1. The topological polar surface area (TPSA) is 49.6 Å². The number of halogens is 1. The summed E-state index contributed by atoms with van der Waals surface area (Å²) in [6.07, 6.45) is 1.68. The summed E-state index contributed by atoms with van der Waals surface area (Å²) in [4.78, 5) is 8.23. The summed E-state index contributed by atoms with van der Waals surface area (Å²) in [7, 11) is 0. The maximum Gasteiger partial charge on any atom is 0.186 e. The quantitative estimate of drug-likeness (QED) is 0.766. The third kappa shape index (κ3) is 1.81. The number of hydrogen-bond acceptors (Lipinski definition) is 4. The Hall–Kier alpha value is -1.18. The molecule has 2 aromatic rings. The van der Waals surface area contributed by atoms with Crippen molar-refractivity contribution in [3.05, 3.63) is 22.3 Å². The van der Waals surface area contributed by atoms with Gasteiger partial charge in [-0.05, 0) is 25.5 Å². The summed E-state index contributed by atoms with van der Waals surface area (Å²) in [6.45, 7) is 3.72. The van der Waals surface area contributed by atoms with Crippen LogP contribution in [0.15, 0.2) is 12.3 Å². The van der Waals surface area contributed by atoms with Crippen molar-refractivity contribution in [3.8, 4) is 6.07 Å².